The van der Waals surface area contributed by atoms with E-state index in [1.807, 2.05) is 43.5 Å². The Morgan fingerprint density at radius 2 is 2.13 bits per heavy atom. The van der Waals surface area contributed by atoms with Crippen molar-refractivity contribution in [1.29, 1.82) is 0 Å². The van der Waals surface area contributed by atoms with Gasteiger partial charge in [-0.15, -0.1) is 11.3 Å². The highest BCUT2D eigenvalue weighted by Crippen LogP contribution is 2.41. The first-order chi connectivity index (χ1) is 14.4. The molecular formula is C22H27N3O4S. The van der Waals surface area contributed by atoms with Crippen molar-refractivity contribution in [3.8, 4) is 0 Å². The zero-order valence-electron chi connectivity index (χ0n) is 17.5. The second kappa shape index (κ2) is 9.49. The molecule has 1 aromatic heterocycles. The number of nitrogens with zero attached hydrogens (tertiary/aromatic N) is 2. The van der Waals surface area contributed by atoms with Gasteiger partial charge in [0.15, 0.2) is 0 Å². The number of ether oxygens (including phenoxy) is 1. The average Bonchev–Trinajstić information content (AvgIpc) is 3.32. The van der Waals surface area contributed by atoms with Crippen LogP contribution in [0.5, 0.6) is 0 Å². The van der Waals surface area contributed by atoms with Gasteiger partial charge in [0.2, 0.25) is 17.7 Å². The summed E-state index contributed by atoms with van der Waals surface area (Å²) in [5, 5.41) is 5.58. The second-order valence-electron chi connectivity index (χ2n) is 7.61. The van der Waals surface area contributed by atoms with E-state index in [0.29, 0.717) is 13.0 Å². The van der Waals surface area contributed by atoms with Gasteiger partial charge in [-0.3, -0.25) is 19.3 Å². The zero-order chi connectivity index (χ0) is 21.7. The highest BCUT2D eigenvalue weighted by atomic mass is 32.1. The Kier molecular flexibility index (Phi) is 6.99. The summed E-state index contributed by atoms with van der Waals surface area (Å²) in [6.07, 6.45) is 2.15. The van der Waals surface area contributed by atoms with E-state index in [9.17, 15) is 14.4 Å². The molecule has 160 valence electrons. The SMILES string of the molecule is COCCCN1C(=O)C[C@@](CC(=O)N[C@@H](C)c2nccs2)(c2ccccc2C)C1=O. The number of nitrogens with one attached hydrogen (secondary N) is 1. The van der Waals surface area contributed by atoms with Gasteiger partial charge in [0, 0.05) is 44.7 Å². The number of likely N-dealkylation sites (tertiary alicyclic amines) is 1. The lowest BCUT2D eigenvalue weighted by atomic mass is 9.74. The molecule has 7 nitrogen and oxygen atoms in total. The van der Waals surface area contributed by atoms with E-state index >= 15 is 0 Å². The van der Waals surface area contributed by atoms with Crippen LogP contribution in [0.4, 0.5) is 0 Å². The number of rotatable bonds is 9. The van der Waals surface area contributed by atoms with Gasteiger partial charge in [-0.05, 0) is 31.4 Å². The van der Waals surface area contributed by atoms with Crippen molar-refractivity contribution < 1.29 is 19.1 Å². The number of hydrogen-bond donors (Lipinski definition) is 1. The monoisotopic (exact) mass is 429 g/mol. The van der Waals surface area contributed by atoms with Crippen molar-refractivity contribution in [3.63, 3.8) is 0 Å². The largest absolute Gasteiger partial charge is 0.385 e. The van der Waals surface area contributed by atoms with Crippen LogP contribution in [0.15, 0.2) is 35.8 Å². The molecule has 8 heteroatoms. The Labute approximate surface area is 180 Å². The summed E-state index contributed by atoms with van der Waals surface area (Å²) in [4.78, 5) is 44.8. The number of hydrogen-bond acceptors (Lipinski definition) is 6. The van der Waals surface area contributed by atoms with E-state index in [2.05, 4.69) is 10.3 Å². The quantitative estimate of drug-likeness (QED) is 0.489. The Hall–Kier alpha value is -2.58. The summed E-state index contributed by atoms with van der Waals surface area (Å²) in [6.45, 7) is 4.50. The van der Waals surface area contributed by atoms with E-state index in [0.717, 1.165) is 16.1 Å². The van der Waals surface area contributed by atoms with Crippen LogP contribution in [-0.2, 0) is 24.5 Å². The van der Waals surface area contributed by atoms with Crippen molar-refractivity contribution in [2.45, 2.75) is 44.6 Å². The van der Waals surface area contributed by atoms with Crippen molar-refractivity contribution in [3.05, 3.63) is 52.0 Å². The van der Waals surface area contributed by atoms with Crippen molar-refractivity contribution in [2.24, 2.45) is 0 Å². The molecule has 1 aliphatic rings. The molecular weight excluding hydrogens is 402 g/mol. The van der Waals surface area contributed by atoms with Crippen LogP contribution in [0.2, 0.25) is 0 Å². The van der Waals surface area contributed by atoms with E-state index in [-0.39, 0.29) is 43.1 Å². The summed E-state index contributed by atoms with van der Waals surface area (Å²) in [7, 11) is 1.58. The zero-order valence-corrected chi connectivity index (χ0v) is 18.3. The van der Waals surface area contributed by atoms with Gasteiger partial charge in [-0.25, -0.2) is 4.98 Å². The first-order valence-corrected chi connectivity index (χ1v) is 10.9. The average molecular weight is 430 g/mol. The van der Waals surface area contributed by atoms with E-state index in [4.69, 9.17) is 4.74 Å². The fourth-order valence-corrected chi connectivity index (χ4v) is 4.67. The minimum Gasteiger partial charge on any atom is -0.385 e. The Balaban J connectivity index is 1.88. The van der Waals surface area contributed by atoms with Gasteiger partial charge in [0.1, 0.15) is 5.01 Å². The number of aryl methyl sites for hydroxylation is 1. The molecule has 0 spiro atoms. The summed E-state index contributed by atoms with van der Waals surface area (Å²) in [6, 6.07) is 7.20. The lowest BCUT2D eigenvalue weighted by Crippen LogP contribution is -2.43. The summed E-state index contributed by atoms with van der Waals surface area (Å²) < 4.78 is 5.05. The van der Waals surface area contributed by atoms with Crippen LogP contribution in [-0.4, -0.2) is 47.9 Å². The molecule has 1 aliphatic heterocycles. The fourth-order valence-electron chi connectivity index (χ4n) is 4.02. The fraction of sp³-hybridized carbons (Fsp3) is 0.455. The number of carbonyl (C=O) groups is 3. The molecule has 2 aromatic rings. The number of aromatic nitrogens is 1. The molecule has 3 rings (SSSR count). The number of benzene rings is 1. The van der Waals surface area contributed by atoms with E-state index in [1.165, 1.54) is 16.2 Å². The first kappa shape index (κ1) is 22.1. The highest BCUT2D eigenvalue weighted by molar-refractivity contribution is 7.09. The summed E-state index contributed by atoms with van der Waals surface area (Å²) in [5.41, 5.74) is 0.426. The molecule has 2 heterocycles. The van der Waals surface area contributed by atoms with Gasteiger partial charge in [0.25, 0.3) is 0 Å². The number of amides is 3. The van der Waals surface area contributed by atoms with Crippen LogP contribution in [0.25, 0.3) is 0 Å². The normalized spacial score (nSPS) is 19.9. The molecule has 1 N–H and O–H groups in total. The van der Waals surface area contributed by atoms with Gasteiger partial charge < -0.3 is 10.1 Å². The molecule has 0 saturated carbocycles. The number of methoxy groups -OCH3 is 1. The summed E-state index contributed by atoms with van der Waals surface area (Å²) >= 11 is 1.46. The predicted octanol–water partition coefficient (Wildman–Crippen LogP) is 2.75. The van der Waals surface area contributed by atoms with E-state index < -0.39 is 5.41 Å². The minimum atomic E-state index is -1.19. The van der Waals surface area contributed by atoms with Gasteiger partial charge in [0.05, 0.1) is 11.5 Å². The lowest BCUT2D eigenvalue weighted by Gasteiger charge is -2.29. The third-order valence-corrected chi connectivity index (χ3v) is 6.42. The Morgan fingerprint density at radius 3 is 2.80 bits per heavy atom. The van der Waals surface area contributed by atoms with Gasteiger partial charge in [-0.1, -0.05) is 24.3 Å². The maximum Gasteiger partial charge on any atom is 0.240 e. The predicted molar refractivity (Wildman–Crippen MR) is 114 cm³/mol. The number of carbonyl (C=O) groups excluding carboxylic acids is 3. The third kappa shape index (κ3) is 4.44. The van der Waals surface area contributed by atoms with Crippen LogP contribution < -0.4 is 5.32 Å². The lowest BCUT2D eigenvalue weighted by molar-refractivity contribution is -0.141. The summed E-state index contributed by atoms with van der Waals surface area (Å²) in [5.74, 6) is -0.837. The second-order valence-corrected chi connectivity index (χ2v) is 8.53. The Morgan fingerprint density at radius 1 is 1.37 bits per heavy atom. The number of imide groups is 1. The maximum atomic E-state index is 13.5. The molecule has 3 amide bonds. The molecule has 1 aromatic carbocycles. The van der Waals surface area contributed by atoms with Crippen molar-refractivity contribution in [1.82, 2.24) is 15.2 Å². The standard InChI is InChI=1S/C22H27N3O4S/c1-15-7-4-5-8-17(15)22(13-18(26)24-16(2)20-23-9-12-30-20)14-19(27)25(21(22)28)10-6-11-29-3/h4-5,7-9,12,16H,6,10-11,13-14H2,1-3H3,(H,24,26)/t16-,22-/m0/s1. The van der Waals surface area contributed by atoms with Gasteiger partial charge >= 0.3 is 0 Å². The molecule has 0 unspecified atom stereocenters. The molecule has 0 bridgehead atoms. The minimum absolute atomic E-state index is 0.0112. The van der Waals surface area contributed by atoms with Crippen molar-refractivity contribution in [2.75, 3.05) is 20.3 Å². The topological polar surface area (TPSA) is 88.6 Å². The van der Waals surface area contributed by atoms with E-state index in [1.54, 1.807) is 13.3 Å². The Bertz CT molecular complexity index is 915. The molecule has 0 radical (unpaired) electrons. The maximum absolute atomic E-state index is 13.5. The highest BCUT2D eigenvalue weighted by Gasteiger charge is 2.54. The van der Waals surface area contributed by atoms with Crippen molar-refractivity contribution >= 4 is 29.1 Å². The van der Waals surface area contributed by atoms with Crippen LogP contribution >= 0.6 is 11.3 Å². The third-order valence-electron chi connectivity index (χ3n) is 5.46. The van der Waals surface area contributed by atoms with Gasteiger partial charge in [-0.2, -0.15) is 0 Å². The molecule has 1 fully saturated rings. The first-order valence-electron chi connectivity index (χ1n) is 9.97. The van der Waals surface area contributed by atoms with Crippen LogP contribution in [0, 0.1) is 6.92 Å². The van der Waals surface area contributed by atoms with Crippen LogP contribution in [0.1, 0.15) is 48.4 Å². The number of thiazole rings is 1. The molecule has 2 atom stereocenters. The smallest absolute Gasteiger partial charge is 0.240 e. The molecule has 0 aliphatic carbocycles. The molecule has 1 saturated heterocycles. The van der Waals surface area contributed by atoms with Crippen LogP contribution in [0.3, 0.4) is 0 Å². The molecule has 30 heavy (non-hydrogen) atoms.